The molecule has 1 rings (SSSR count). The maximum Gasteiger partial charge on any atom is 0.335 e. The van der Waals surface area contributed by atoms with Crippen LogP contribution in [0, 0.1) is 0 Å². The number of benzene rings is 1. The molecule has 20 heavy (non-hydrogen) atoms. The molecule has 0 saturated heterocycles. The van der Waals surface area contributed by atoms with Gasteiger partial charge in [0.1, 0.15) is 0 Å². The molecule has 0 heterocycles. The van der Waals surface area contributed by atoms with Gasteiger partial charge in [0.2, 0.25) is 5.91 Å². The van der Waals surface area contributed by atoms with Gasteiger partial charge in [0.05, 0.1) is 22.0 Å². The Balaban J connectivity index is 2.61. The molecule has 0 bridgehead atoms. The van der Waals surface area contributed by atoms with Gasteiger partial charge in [-0.2, -0.15) is 0 Å². The first-order valence-corrected chi connectivity index (χ1v) is 7.51. The maximum absolute atomic E-state index is 11.8. The van der Waals surface area contributed by atoms with E-state index in [2.05, 4.69) is 5.32 Å². The van der Waals surface area contributed by atoms with E-state index in [1.165, 1.54) is 30.0 Å². The molecule has 0 radical (unpaired) electrons. The number of nitrogens with one attached hydrogen (secondary N) is 1. The highest BCUT2D eigenvalue weighted by atomic mass is 35.5. The Bertz CT molecular complexity index is 497. The number of carbonyl (C=O) groups excluding carboxylic acids is 1. The first kappa shape index (κ1) is 16.8. The number of halogens is 1. The van der Waals surface area contributed by atoms with Crippen LogP contribution in [0.4, 0.5) is 5.69 Å². The van der Waals surface area contributed by atoms with Gasteiger partial charge in [0.15, 0.2) is 0 Å². The third kappa shape index (κ3) is 5.40. The zero-order chi connectivity index (χ0) is 15.1. The molecular formula is C13H17ClN2O3S. The molecule has 0 spiro atoms. The molecule has 4 N–H and O–H groups in total. The number of nitrogens with two attached hydrogens (primary N) is 1. The number of anilines is 1. The first-order chi connectivity index (χ1) is 9.43. The number of hydrogen-bond acceptors (Lipinski definition) is 4. The molecule has 0 aromatic heterocycles. The van der Waals surface area contributed by atoms with Gasteiger partial charge >= 0.3 is 5.97 Å². The van der Waals surface area contributed by atoms with E-state index in [0.717, 1.165) is 6.42 Å². The zero-order valence-electron chi connectivity index (χ0n) is 11.1. The Morgan fingerprint density at radius 3 is 2.80 bits per heavy atom. The lowest BCUT2D eigenvalue weighted by atomic mass is 10.2. The highest BCUT2D eigenvalue weighted by Crippen LogP contribution is 2.23. The molecule has 0 aliphatic heterocycles. The molecule has 110 valence electrons. The fourth-order valence-corrected chi connectivity index (χ4v) is 2.45. The van der Waals surface area contributed by atoms with E-state index in [-0.39, 0.29) is 17.2 Å². The molecule has 1 aromatic rings. The van der Waals surface area contributed by atoms with E-state index in [1.807, 2.05) is 6.92 Å². The van der Waals surface area contributed by atoms with E-state index < -0.39 is 5.97 Å². The quantitative estimate of drug-likeness (QED) is 0.718. The normalized spacial score (nSPS) is 11.9. The monoisotopic (exact) mass is 316 g/mol. The van der Waals surface area contributed by atoms with Gasteiger partial charge in [-0.25, -0.2) is 4.79 Å². The van der Waals surface area contributed by atoms with Crippen molar-refractivity contribution in [2.75, 3.05) is 17.6 Å². The van der Waals surface area contributed by atoms with Crippen LogP contribution in [0.3, 0.4) is 0 Å². The van der Waals surface area contributed by atoms with Crippen molar-refractivity contribution < 1.29 is 14.7 Å². The Kier molecular flexibility index (Phi) is 6.84. The lowest BCUT2D eigenvalue weighted by molar-refractivity contribution is -0.113. The van der Waals surface area contributed by atoms with Crippen molar-refractivity contribution in [3.63, 3.8) is 0 Å². The van der Waals surface area contributed by atoms with Gasteiger partial charge in [0.25, 0.3) is 0 Å². The van der Waals surface area contributed by atoms with Crippen LogP contribution in [0.1, 0.15) is 23.7 Å². The predicted octanol–water partition coefficient (Wildman–Crippen LogP) is 2.45. The fourth-order valence-electron chi connectivity index (χ4n) is 1.48. The topological polar surface area (TPSA) is 92.4 Å². The van der Waals surface area contributed by atoms with Crippen molar-refractivity contribution in [2.45, 2.75) is 18.6 Å². The molecule has 0 fully saturated rings. The van der Waals surface area contributed by atoms with Crippen LogP contribution >= 0.6 is 23.4 Å². The Labute approximate surface area is 126 Å². The molecule has 0 saturated carbocycles. The molecule has 1 amide bonds. The third-order valence-electron chi connectivity index (χ3n) is 2.56. The van der Waals surface area contributed by atoms with Gasteiger partial charge < -0.3 is 16.2 Å². The van der Waals surface area contributed by atoms with E-state index in [4.69, 9.17) is 22.4 Å². The molecule has 1 aromatic carbocycles. The summed E-state index contributed by atoms with van der Waals surface area (Å²) >= 11 is 7.42. The minimum Gasteiger partial charge on any atom is -0.478 e. The summed E-state index contributed by atoms with van der Waals surface area (Å²) in [6, 6.07) is 4.18. The number of rotatable bonds is 7. The average molecular weight is 317 g/mol. The predicted molar refractivity (Wildman–Crippen MR) is 82.6 cm³/mol. The molecule has 0 aliphatic rings. The van der Waals surface area contributed by atoms with Gasteiger partial charge in [-0.3, -0.25) is 4.79 Å². The highest BCUT2D eigenvalue weighted by molar-refractivity contribution is 8.00. The van der Waals surface area contributed by atoms with Crippen molar-refractivity contribution in [3.05, 3.63) is 28.8 Å². The molecule has 7 heteroatoms. The van der Waals surface area contributed by atoms with Crippen LogP contribution in [-0.4, -0.2) is 34.5 Å². The standard InChI is InChI=1S/C13H17ClN2O3S/c1-8(4-5-15)20-7-12(17)16-11-6-9(13(18)19)2-3-10(11)14/h2-3,6,8H,4-5,7,15H2,1H3,(H,16,17)(H,18,19). The Hall–Kier alpha value is -1.24. The van der Waals surface area contributed by atoms with E-state index >= 15 is 0 Å². The minimum absolute atomic E-state index is 0.0776. The fraction of sp³-hybridized carbons (Fsp3) is 0.385. The summed E-state index contributed by atoms with van der Waals surface area (Å²) in [6.45, 7) is 2.59. The summed E-state index contributed by atoms with van der Waals surface area (Å²) in [5.41, 5.74) is 5.82. The summed E-state index contributed by atoms with van der Waals surface area (Å²) in [4.78, 5) is 22.7. The van der Waals surface area contributed by atoms with Crippen molar-refractivity contribution >= 4 is 40.9 Å². The molecule has 5 nitrogen and oxygen atoms in total. The number of carbonyl (C=O) groups is 2. The lowest BCUT2D eigenvalue weighted by Gasteiger charge is -2.11. The van der Waals surface area contributed by atoms with E-state index in [9.17, 15) is 9.59 Å². The van der Waals surface area contributed by atoms with Crippen LogP contribution in [0.25, 0.3) is 0 Å². The second-order valence-electron chi connectivity index (χ2n) is 4.25. The smallest absolute Gasteiger partial charge is 0.335 e. The van der Waals surface area contributed by atoms with Gasteiger partial charge in [-0.05, 0) is 31.2 Å². The first-order valence-electron chi connectivity index (χ1n) is 6.08. The summed E-state index contributed by atoms with van der Waals surface area (Å²) in [5, 5.41) is 12.1. The van der Waals surface area contributed by atoms with E-state index in [1.54, 1.807) is 0 Å². The Morgan fingerprint density at radius 1 is 1.50 bits per heavy atom. The third-order valence-corrected chi connectivity index (χ3v) is 4.12. The second kappa shape index (κ2) is 8.14. The maximum atomic E-state index is 11.8. The van der Waals surface area contributed by atoms with E-state index in [0.29, 0.717) is 22.5 Å². The van der Waals surface area contributed by atoms with Gasteiger partial charge in [-0.15, -0.1) is 11.8 Å². The summed E-state index contributed by atoms with van der Waals surface area (Å²) < 4.78 is 0. The molecule has 0 aliphatic carbocycles. The van der Waals surface area contributed by atoms with Crippen molar-refractivity contribution in [2.24, 2.45) is 5.73 Å². The van der Waals surface area contributed by atoms with Crippen LogP contribution in [0.2, 0.25) is 5.02 Å². The molecule has 1 unspecified atom stereocenters. The Morgan fingerprint density at radius 2 is 2.20 bits per heavy atom. The zero-order valence-corrected chi connectivity index (χ0v) is 12.6. The van der Waals surface area contributed by atoms with Crippen molar-refractivity contribution in [3.8, 4) is 0 Å². The van der Waals surface area contributed by atoms with Gasteiger partial charge in [-0.1, -0.05) is 18.5 Å². The molecule has 1 atom stereocenters. The lowest BCUT2D eigenvalue weighted by Crippen LogP contribution is -2.17. The minimum atomic E-state index is -1.07. The summed E-state index contributed by atoms with van der Waals surface area (Å²) in [6.07, 6.45) is 0.840. The van der Waals surface area contributed by atoms with Crippen LogP contribution in [0.15, 0.2) is 18.2 Å². The van der Waals surface area contributed by atoms with Gasteiger partial charge in [0, 0.05) is 5.25 Å². The summed E-state index contributed by atoms with van der Waals surface area (Å²) in [7, 11) is 0. The second-order valence-corrected chi connectivity index (χ2v) is 6.08. The number of amides is 1. The van der Waals surface area contributed by atoms with Crippen LogP contribution in [0.5, 0.6) is 0 Å². The molecular weight excluding hydrogens is 300 g/mol. The highest BCUT2D eigenvalue weighted by Gasteiger charge is 2.11. The number of thioether (sulfide) groups is 1. The number of aromatic carboxylic acids is 1. The largest absolute Gasteiger partial charge is 0.478 e. The average Bonchev–Trinajstić information content (AvgIpc) is 2.39. The number of carboxylic acid groups (broad SMARTS) is 1. The van der Waals surface area contributed by atoms with Crippen LogP contribution < -0.4 is 11.1 Å². The van der Waals surface area contributed by atoms with Crippen LogP contribution in [-0.2, 0) is 4.79 Å². The van der Waals surface area contributed by atoms with Crippen molar-refractivity contribution in [1.29, 1.82) is 0 Å². The SMILES string of the molecule is CC(CCN)SCC(=O)Nc1cc(C(=O)O)ccc1Cl. The number of hydrogen-bond donors (Lipinski definition) is 3. The summed E-state index contributed by atoms with van der Waals surface area (Å²) in [5.74, 6) is -1.01. The number of carboxylic acids is 1. The van der Waals surface area contributed by atoms with Crippen molar-refractivity contribution in [1.82, 2.24) is 0 Å².